The van der Waals surface area contributed by atoms with Crippen molar-refractivity contribution in [3.63, 3.8) is 0 Å². The first-order valence-electron chi connectivity index (χ1n) is 6.55. The maximum Gasteiger partial charge on any atom is 0.105 e. The molecule has 1 aromatic heterocycles. The zero-order chi connectivity index (χ0) is 12.4. The zero-order valence-electron chi connectivity index (χ0n) is 11.2. The van der Waals surface area contributed by atoms with E-state index in [4.69, 9.17) is 9.15 Å². The van der Waals surface area contributed by atoms with E-state index in [2.05, 4.69) is 25.2 Å². The average molecular weight is 237 g/mol. The molecule has 17 heavy (non-hydrogen) atoms. The van der Waals surface area contributed by atoms with Gasteiger partial charge in [-0.15, -0.1) is 0 Å². The van der Waals surface area contributed by atoms with Crippen LogP contribution in [-0.2, 0) is 4.74 Å². The molecule has 0 radical (unpaired) electrons. The Balaban J connectivity index is 2.25. The molecule has 3 atom stereocenters. The van der Waals surface area contributed by atoms with E-state index in [1.807, 2.05) is 13.8 Å². The summed E-state index contributed by atoms with van der Waals surface area (Å²) in [6, 6.07) is 2.40. The van der Waals surface area contributed by atoms with E-state index in [-0.39, 0.29) is 12.1 Å². The number of nitrogens with one attached hydrogen (secondary N) is 1. The molecule has 3 unspecified atom stereocenters. The lowest BCUT2D eigenvalue weighted by atomic mass is 9.92. The molecule has 1 aliphatic rings. The molecule has 1 saturated heterocycles. The van der Waals surface area contributed by atoms with Gasteiger partial charge in [0.1, 0.15) is 11.5 Å². The molecule has 96 valence electrons. The van der Waals surface area contributed by atoms with Gasteiger partial charge in [-0.3, -0.25) is 0 Å². The van der Waals surface area contributed by atoms with Gasteiger partial charge in [-0.05, 0) is 38.8 Å². The van der Waals surface area contributed by atoms with Crippen molar-refractivity contribution in [1.29, 1.82) is 0 Å². The van der Waals surface area contributed by atoms with Crippen molar-refractivity contribution < 1.29 is 9.15 Å². The van der Waals surface area contributed by atoms with E-state index in [0.717, 1.165) is 31.1 Å². The molecule has 0 aliphatic carbocycles. The molecular weight excluding hydrogens is 214 g/mol. The Labute approximate surface area is 104 Å². The summed E-state index contributed by atoms with van der Waals surface area (Å²) in [6.45, 7) is 10.3. The van der Waals surface area contributed by atoms with Crippen molar-refractivity contribution >= 4 is 0 Å². The fourth-order valence-corrected chi connectivity index (χ4v) is 2.73. The highest BCUT2D eigenvalue weighted by Crippen LogP contribution is 2.33. The molecule has 1 aliphatic heterocycles. The summed E-state index contributed by atoms with van der Waals surface area (Å²) in [5.74, 6) is 2.59. The van der Waals surface area contributed by atoms with Gasteiger partial charge in [-0.1, -0.05) is 13.8 Å². The normalized spacial score (nSPS) is 26.4. The third-order valence-corrected chi connectivity index (χ3v) is 3.61. The summed E-state index contributed by atoms with van der Waals surface area (Å²) < 4.78 is 11.5. The molecule has 0 saturated carbocycles. The quantitative estimate of drug-likeness (QED) is 0.874. The van der Waals surface area contributed by atoms with Crippen molar-refractivity contribution in [2.75, 3.05) is 13.2 Å². The fraction of sp³-hybridized carbons (Fsp3) is 0.714. The summed E-state index contributed by atoms with van der Waals surface area (Å²) in [7, 11) is 0. The molecule has 0 aromatic carbocycles. The third kappa shape index (κ3) is 2.55. The summed E-state index contributed by atoms with van der Waals surface area (Å²) in [5.41, 5.74) is 1.25. The molecular formula is C14H23NO2. The van der Waals surface area contributed by atoms with E-state index >= 15 is 0 Å². The lowest BCUT2D eigenvalue weighted by molar-refractivity contribution is 0.0607. The second kappa shape index (κ2) is 5.23. The van der Waals surface area contributed by atoms with E-state index in [0.29, 0.717) is 5.92 Å². The van der Waals surface area contributed by atoms with Crippen LogP contribution >= 0.6 is 0 Å². The van der Waals surface area contributed by atoms with Crippen LogP contribution in [0.25, 0.3) is 0 Å². The van der Waals surface area contributed by atoms with Gasteiger partial charge in [-0.2, -0.15) is 0 Å². The number of likely N-dealkylation sites (N-methyl/N-ethyl adjacent to an activating group) is 1. The van der Waals surface area contributed by atoms with Crippen molar-refractivity contribution in [2.45, 2.75) is 46.3 Å². The van der Waals surface area contributed by atoms with Crippen LogP contribution in [-0.4, -0.2) is 19.3 Å². The molecule has 0 bridgehead atoms. The van der Waals surface area contributed by atoms with Gasteiger partial charge in [0.2, 0.25) is 0 Å². The van der Waals surface area contributed by atoms with Gasteiger partial charge in [0.25, 0.3) is 0 Å². The number of ether oxygens (including phenoxy) is 1. The minimum Gasteiger partial charge on any atom is -0.466 e. The molecule has 1 aromatic rings. The molecule has 1 N–H and O–H groups in total. The Morgan fingerprint density at radius 2 is 2.24 bits per heavy atom. The van der Waals surface area contributed by atoms with Crippen LogP contribution < -0.4 is 5.32 Å². The number of furan rings is 1. The van der Waals surface area contributed by atoms with Crippen LogP contribution in [0.4, 0.5) is 0 Å². The van der Waals surface area contributed by atoms with Crippen LogP contribution in [0.2, 0.25) is 0 Å². The predicted octanol–water partition coefficient (Wildman–Crippen LogP) is 2.97. The number of aryl methyl sites for hydroxylation is 2. The molecule has 2 rings (SSSR count). The van der Waals surface area contributed by atoms with Crippen LogP contribution in [0.3, 0.4) is 0 Å². The van der Waals surface area contributed by atoms with Crippen LogP contribution in [0, 0.1) is 19.8 Å². The van der Waals surface area contributed by atoms with Gasteiger partial charge < -0.3 is 14.5 Å². The fourth-order valence-electron chi connectivity index (χ4n) is 2.73. The predicted molar refractivity (Wildman–Crippen MR) is 68.1 cm³/mol. The topological polar surface area (TPSA) is 34.4 Å². The summed E-state index contributed by atoms with van der Waals surface area (Å²) in [6.07, 6.45) is 1.42. The highest BCUT2D eigenvalue weighted by atomic mass is 16.5. The van der Waals surface area contributed by atoms with Gasteiger partial charge >= 0.3 is 0 Å². The first kappa shape index (κ1) is 12.7. The van der Waals surface area contributed by atoms with E-state index in [1.165, 1.54) is 5.56 Å². The standard InChI is InChI=1S/C14H23NO2/c1-5-15-13(14-9(2)6-7-16-14)12-8-10(3)17-11(12)4/h8-9,13-15H,5-7H2,1-4H3. The van der Waals surface area contributed by atoms with Crippen LogP contribution in [0.15, 0.2) is 10.5 Å². The highest BCUT2D eigenvalue weighted by Gasteiger charge is 2.34. The van der Waals surface area contributed by atoms with Gasteiger partial charge in [0.05, 0.1) is 12.1 Å². The Hall–Kier alpha value is -0.800. The van der Waals surface area contributed by atoms with Gasteiger partial charge in [-0.25, -0.2) is 0 Å². The Morgan fingerprint density at radius 3 is 2.71 bits per heavy atom. The third-order valence-electron chi connectivity index (χ3n) is 3.61. The Kier molecular flexibility index (Phi) is 3.89. The molecule has 0 amide bonds. The minimum absolute atomic E-state index is 0.259. The lowest BCUT2D eigenvalue weighted by Gasteiger charge is -2.26. The first-order valence-corrected chi connectivity index (χ1v) is 6.55. The Bertz CT molecular complexity index is 372. The SMILES string of the molecule is CCNC(c1cc(C)oc1C)C1OCCC1C. The zero-order valence-corrected chi connectivity index (χ0v) is 11.2. The van der Waals surface area contributed by atoms with Crippen LogP contribution in [0.5, 0.6) is 0 Å². The summed E-state index contributed by atoms with van der Waals surface area (Å²) in [4.78, 5) is 0. The minimum atomic E-state index is 0.259. The molecule has 2 heterocycles. The highest BCUT2D eigenvalue weighted by molar-refractivity contribution is 5.25. The maximum atomic E-state index is 5.89. The van der Waals surface area contributed by atoms with Crippen molar-refractivity contribution in [2.24, 2.45) is 5.92 Å². The van der Waals surface area contributed by atoms with Crippen molar-refractivity contribution in [3.05, 3.63) is 23.2 Å². The average Bonchev–Trinajstić information content (AvgIpc) is 2.82. The van der Waals surface area contributed by atoms with E-state index in [9.17, 15) is 0 Å². The van der Waals surface area contributed by atoms with Crippen LogP contribution in [0.1, 0.15) is 43.4 Å². The van der Waals surface area contributed by atoms with Crippen molar-refractivity contribution in [3.8, 4) is 0 Å². The molecule has 3 nitrogen and oxygen atoms in total. The second-order valence-electron chi connectivity index (χ2n) is 5.01. The largest absolute Gasteiger partial charge is 0.466 e. The molecule has 1 fully saturated rings. The monoisotopic (exact) mass is 237 g/mol. The van der Waals surface area contributed by atoms with E-state index < -0.39 is 0 Å². The second-order valence-corrected chi connectivity index (χ2v) is 5.01. The smallest absolute Gasteiger partial charge is 0.105 e. The van der Waals surface area contributed by atoms with Gasteiger partial charge in [0.15, 0.2) is 0 Å². The first-order chi connectivity index (χ1) is 8.13. The Morgan fingerprint density at radius 1 is 1.47 bits per heavy atom. The maximum absolute atomic E-state index is 5.89. The lowest BCUT2D eigenvalue weighted by Crippen LogP contribution is -2.34. The van der Waals surface area contributed by atoms with E-state index in [1.54, 1.807) is 0 Å². The number of hydrogen-bond acceptors (Lipinski definition) is 3. The summed E-state index contributed by atoms with van der Waals surface area (Å²) >= 11 is 0. The number of hydrogen-bond donors (Lipinski definition) is 1. The van der Waals surface area contributed by atoms with Gasteiger partial charge in [0, 0.05) is 12.2 Å². The van der Waals surface area contributed by atoms with Crippen molar-refractivity contribution in [1.82, 2.24) is 5.32 Å². The number of rotatable bonds is 4. The molecule has 0 spiro atoms. The molecule has 3 heteroatoms. The summed E-state index contributed by atoms with van der Waals surface area (Å²) in [5, 5.41) is 3.54.